The second kappa shape index (κ2) is 8.45. The molecule has 2 N–H and O–H groups in total. The molecule has 0 unspecified atom stereocenters. The number of benzene rings is 2. The van der Waals surface area contributed by atoms with Crippen molar-refractivity contribution in [3.05, 3.63) is 76.1 Å². The second-order valence-corrected chi connectivity index (χ2v) is 7.43. The van der Waals surface area contributed by atoms with Crippen molar-refractivity contribution in [1.82, 2.24) is 20.3 Å². The summed E-state index contributed by atoms with van der Waals surface area (Å²) < 4.78 is 39.5. The molecule has 2 heterocycles. The van der Waals surface area contributed by atoms with Gasteiger partial charge in [0.05, 0.1) is 5.56 Å². The maximum atomic E-state index is 13.2. The third kappa shape index (κ3) is 4.48. The molecule has 0 bridgehead atoms. The summed E-state index contributed by atoms with van der Waals surface area (Å²) in [7, 11) is 1.73. The topological polar surface area (TPSA) is 83.0 Å². The molecule has 0 saturated carbocycles. The summed E-state index contributed by atoms with van der Waals surface area (Å²) in [5.41, 5.74) is 1.63. The number of fused-ring (bicyclic) bond motifs is 1. The lowest BCUT2D eigenvalue weighted by Gasteiger charge is -2.16. The van der Waals surface area contributed by atoms with Crippen molar-refractivity contribution >= 4 is 17.8 Å². The normalized spacial score (nSPS) is 13.1. The van der Waals surface area contributed by atoms with Gasteiger partial charge >= 0.3 is 6.18 Å². The number of hydrogen-bond donors (Lipinski definition) is 2. The summed E-state index contributed by atoms with van der Waals surface area (Å²) in [4.78, 5) is 27.6. The summed E-state index contributed by atoms with van der Waals surface area (Å²) >= 11 is 0. The van der Waals surface area contributed by atoms with Crippen LogP contribution in [0.3, 0.4) is 0 Å². The zero-order valence-electron chi connectivity index (χ0n) is 17.5. The molecule has 166 valence electrons. The summed E-state index contributed by atoms with van der Waals surface area (Å²) in [5.74, 6) is 1.17. The average Bonchev–Trinajstić information content (AvgIpc) is 3.20. The summed E-state index contributed by atoms with van der Waals surface area (Å²) in [6, 6.07) is 10.5. The molecule has 1 amide bonds. The van der Waals surface area contributed by atoms with Gasteiger partial charge in [-0.1, -0.05) is 24.3 Å². The fourth-order valence-electron chi connectivity index (χ4n) is 3.63. The molecule has 10 heteroatoms. The van der Waals surface area contributed by atoms with Gasteiger partial charge in [-0.25, -0.2) is 0 Å². The standard InChI is InChI=1S/C22H21F3N6O/c1-13-28-20(26-2)30-21(29-13)31-11-16-8-7-14(9-17(16)12-31)19(32)27-10-15-5-3-4-6-18(15)22(23,24)25/h3-9H,10-12H2,1-2H3,(H,27,32)(H,26,28,29,30). The number of carbonyl (C=O) groups is 1. The van der Waals surface area contributed by atoms with Crippen LogP contribution >= 0.6 is 0 Å². The molecule has 1 aliphatic heterocycles. The van der Waals surface area contributed by atoms with Crippen molar-refractivity contribution in [2.24, 2.45) is 0 Å². The van der Waals surface area contributed by atoms with Crippen LogP contribution in [0.2, 0.25) is 0 Å². The van der Waals surface area contributed by atoms with Crippen LogP contribution in [0.1, 0.15) is 38.4 Å². The largest absolute Gasteiger partial charge is 0.416 e. The number of halogens is 3. The monoisotopic (exact) mass is 442 g/mol. The Morgan fingerprint density at radius 2 is 1.81 bits per heavy atom. The van der Waals surface area contributed by atoms with Crippen LogP contribution in [0.4, 0.5) is 25.1 Å². The summed E-state index contributed by atoms with van der Waals surface area (Å²) in [6.07, 6.45) is -4.47. The van der Waals surface area contributed by atoms with E-state index in [1.807, 2.05) is 11.0 Å². The Bertz CT molecular complexity index is 1160. The first kappa shape index (κ1) is 21.5. The average molecular weight is 442 g/mol. The number of carbonyl (C=O) groups excluding carboxylic acids is 1. The van der Waals surface area contributed by atoms with Crippen molar-refractivity contribution < 1.29 is 18.0 Å². The zero-order valence-corrected chi connectivity index (χ0v) is 17.5. The molecule has 0 atom stereocenters. The fourth-order valence-corrected chi connectivity index (χ4v) is 3.63. The number of aromatic nitrogens is 3. The number of alkyl halides is 3. The first-order valence-corrected chi connectivity index (χ1v) is 9.95. The first-order valence-electron chi connectivity index (χ1n) is 9.95. The van der Waals surface area contributed by atoms with Gasteiger partial charge in [0.2, 0.25) is 11.9 Å². The predicted molar refractivity (Wildman–Crippen MR) is 113 cm³/mol. The Labute approximate surface area is 182 Å². The highest BCUT2D eigenvalue weighted by atomic mass is 19.4. The third-order valence-electron chi connectivity index (χ3n) is 5.19. The second-order valence-electron chi connectivity index (χ2n) is 7.43. The number of anilines is 2. The molecule has 0 aliphatic carbocycles. The Morgan fingerprint density at radius 3 is 2.56 bits per heavy atom. The van der Waals surface area contributed by atoms with E-state index in [-0.39, 0.29) is 12.1 Å². The Kier molecular flexibility index (Phi) is 5.68. The predicted octanol–water partition coefficient (Wildman–Crippen LogP) is 3.69. The summed E-state index contributed by atoms with van der Waals surface area (Å²) in [5, 5.41) is 5.50. The van der Waals surface area contributed by atoms with E-state index in [1.165, 1.54) is 18.2 Å². The Hall–Kier alpha value is -3.69. The SMILES string of the molecule is CNc1nc(C)nc(N2Cc3ccc(C(=O)NCc4ccccc4C(F)(F)F)cc3C2)n1. The number of nitrogens with one attached hydrogen (secondary N) is 2. The van der Waals surface area contributed by atoms with Gasteiger partial charge in [0.1, 0.15) is 5.82 Å². The van der Waals surface area contributed by atoms with Gasteiger partial charge in [0, 0.05) is 32.2 Å². The van der Waals surface area contributed by atoms with E-state index in [0.29, 0.717) is 36.4 Å². The van der Waals surface area contributed by atoms with E-state index in [4.69, 9.17) is 0 Å². The molecule has 1 aromatic heterocycles. The van der Waals surface area contributed by atoms with Crippen LogP contribution in [-0.4, -0.2) is 27.9 Å². The van der Waals surface area contributed by atoms with Gasteiger partial charge in [-0.2, -0.15) is 28.1 Å². The minimum absolute atomic E-state index is 0.0197. The Balaban J connectivity index is 1.47. The van der Waals surface area contributed by atoms with Gasteiger partial charge in [0.25, 0.3) is 5.91 Å². The van der Waals surface area contributed by atoms with Gasteiger partial charge in [-0.05, 0) is 41.8 Å². The van der Waals surface area contributed by atoms with Gasteiger partial charge in [-0.15, -0.1) is 0 Å². The molecule has 1 aliphatic rings. The lowest BCUT2D eigenvalue weighted by atomic mass is 10.1. The minimum atomic E-state index is -4.47. The zero-order chi connectivity index (χ0) is 22.9. The van der Waals surface area contributed by atoms with Crippen molar-refractivity contribution in [3.8, 4) is 0 Å². The quantitative estimate of drug-likeness (QED) is 0.627. The molecule has 2 aromatic carbocycles. The smallest absolute Gasteiger partial charge is 0.357 e. The maximum absolute atomic E-state index is 13.2. The number of rotatable bonds is 5. The molecule has 3 aromatic rings. The third-order valence-corrected chi connectivity index (χ3v) is 5.19. The molecular formula is C22H21F3N6O. The first-order chi connectivity index (χ1) is 15.2. The van der Waals surface area contributed by atoms with Crippen LogP contribution in [0, 0.1) is 6.92 Å². The molecule has 32 heavy (non-hydrogen) atoms. The molecular weight excluding hydrogens is 421 g/mol. The molecule has 0 fully saturated rings. The molecule has 7 nitrogen and oxygen atoms in total. The molecule has 0 spiro atoms. The molecule has 0 radical (unpaired) electrons. The van der Waals surface area contributed by atoms with Gasteiger partial charge < -0.3 is 15.5 Å². The lowest BCUT2D eigenvalue weighted by molar-refractivity contribution is -0.138. The van der Waals surface area contributed by atoms with Crippen LogP contribution in [-0.2, 0) is 25.8 Å². The number of nitrogens with zero attached hydrogens (tertiary/aromatic N) is 4. The summed E-state index contributed by atoms with van der Waals surface area (Å²) in [6.45, 7) is 2.67. The van der Waals surface area contributed by atoms with Crippen LogP contribution < -0.4 is 15.5 Å². The number of hydrogen-bond acceptors (Lipinski definition) is 6. The minimum Gasteiger partial charge on any atom is -0.357 e. The highest BCUT2D eigenvalue weighted by Crippen LogP contribution is 2.32. The van der Waals surface area contributed by atoms with E-state index in [1.54, 1.807) is 26.1 Å². The highest BCUT2D eigenvalue weighted by Gasteiger charge is 2.33. The van der Waals surface area contributed by atoms with Crippen molar-refractivity contribution in [2.75, 3.05) is 17.3 Å². The van der Waals surface area contributed by atoms with Gasteiger partial charge in [0.15, 0.2) is 0 Å². The molecule has 4 rings (SSSR count). The van der Waals surface area contributed by atoms with E-state index < -0.39 is 17.6 Å². The van der Waals surface area contributed by atoms with E-state index >= 15 is 0 Å². The van der Waals surface area contributed by atoms with Crippen LogP contribution in [0.25, 0.3) is 0 Å². The lowest BCUT2D eigenvalue weighted by Crippen LogP contribution is -2.24. The van der Waals surface area contributed by atoms with E-state index in [0.717, 1.165) is 17.2 Å². The fraction of sp³-hybridized carbons (Fsp3) is 0.273. The van der Waals surface area contributed by atoms with Crippen molar-refractivity contribution in [3.63, 3.8) is 0 Å². The number of amides is 1. The highest BCUT2D eigenvalue weighted by molar-refractivity contribution is 5.94. The van der Waals surface area contributed by atoms with Crippen LogP contribution in [0.5, 0.6) is 0 Å². The van der Waals surface area contributed by atoms with Crippen molar-refractivity contribution in [2.45, 2.75) is 32.7 Å². The molecule has 0 saturated heterocycles. The number of aryl methyl sites for hydroxylation is 1. The van der Waals surface area contributed by atoms with E-state index in [2.05, 4.69) is 25.6 Å². The van der Waals surface area contributed by atoms with E-state index in [9.17, 15) is 18.0 Å². The maximum Gasteiger partial charge on any atom is 0.416 e. The van der Waals surface area contributed by atoms with Gasteiger partial charge in [-0.3, -0.25) is 4.79 Å². The van der Waals surface area contributed by atoms with Crippen LogP contribution in [0.15, 0.2) is 42.5 Å². The van der Waals surface area contributed by atoms with Crippen molar-refractivity contribution in [1.29, 1.82) is 0 Å². The Morgan fingerprint density at radius 1 is 1.06 bits per heavy atom.